The highest BCUT2D eigenvalue weighted by atomic mass is 16.2. The molecule has 0 saturated heterocycles. The summed E-state index contributed by atoms with van der Waals surface area (Å²) >= 11 is 0. The van der Waals surface area contributed by atoms with Crippen molar-refractivity contribution in [1.82, 2.24) is 14.5 Å². The fourth-order valence-electron chi connectivity index (χ4n) is 1.63. The van der Waals surface area contributed by atoms with Crippen molar-refractivity contribution in [1.29, 1.82) is 0 Å². The Kier molecular flexibility index (Phi) is 5.15. The zero-order chi connectivity index (χ0) is 12.8. The van der Waals surface area contributed by atoms with Crippen LogP contribution in [0.5, 0.6) is 0 Å². The van der Waals surface area contributed by atoms with Crippen molar-refractivity contribution < 1.29 is 0 Å². The number of nitrogens with one attached hydrogen (secondary N) is 1. The average molecular weight is 239 g/mol. The molecule has 1 aromatic heterocycles. The quantitative estimate of drug-likeness (QED) is 0.732. The van der Waals surface area contributed by atoms with Gasteiger partial charge in [-0.3, -0.25) is 9.36 Å². The molecule has 0 aliphatic heterocycles. The van der Waals surface area contributed by atoms with E-state index in [1.807, 2.05) is 6.92 Å². The van der Waals surface area contributed by atoms with Crippen molar-refractivity contribution in [2.24, 2.45) is 0 Å². The molecule has 5 nitrogen and oxygen atoms in total. The Morgan fingerprint density at radius 3 is 2.65 bits per heavy atom. The van der Waals surface area contributed by atoms with Gasteiger partial charge in [0.25, 0.3) is 5.56 Å². The first-order valence-electron chi connectivity index (χ1n) is 6.10. The lowest BCUT2D eigenvalue weighted by molar-refractivity contribution is 0.503. The van der Waals surface area contributed by atoms with E-state index in [2.05, 4.69) is 19.2 Å². The lowest BCUT2D eigenvalue weighted by atomic mass is 10.3. The van der Waals surface area contributed by atoms with Crippen LogP contribution in [0, 0.1) is 0 Å². The molecule has 5 heteroatoms. The van der Waals surface area contributed by atoms with Crippen molar-refractivity contribution >= 4 is 0 Å². The molecule has 0 amide bonds. The first-order valence-corrected chi connectivity index (χ1v) is 6.10. The van der Waals surface area contributed by atoms with E-state index < -0.39 is 0 Å². The summed E-state index contributed by atoms with van der Waals surface area (Å²) < 4.78 is 2.84. The van der Waals surface area contributed by atoms with Gasteiger partial charge in [0, 0.05) is 31.4 Å². The third kappa shape index (κ3) is 3.85. The second-order valence-corrected chi connectivity index (χ2v) is 4.34. The molecule has 1 rings (SSSR count). The van der Waals surface area contributed by atoms with Crippen LogP contribution in [0.25, 0.3) is 0 Å². The minimum Gasteiger partial charge on any atom is -0.314 e. The van der Waals surface area contributed by atoms with Gasteiger partial charge in [-0.05, 0) is 19.9 Å². The number of aromatic nitrogens is 2. The molecular formula is C12H21N3O2. The van der Waals surface area contributed by atoms with Crippen LogP contribution in [-0.4, -0.2) is 21.7 Å². The number of rotatable bonds is 6. The number of aryl methyl sites for hydroxylation is 1. The van der Waals surface area contributed by atoms with Crippen molar-refractivity contribution in [3.8, 4) is 0 Å². The Bertz CT molecular complexity index is 460. The molecule has 0 spiro atoms. The molecule has 0 bridgehead atoms. The van der Waals surface area contributed by atoms with Gasteiger partial charge in [-0.1, -0.05) is 13.8 Å². The Labute approximate surface area is 101 Å². The molecule has 0 aliphatic rings. The highest BCUT2D eigenvalue weighted by Crippen LogP contribution is 1.85. The smallest absolute Gasteiger partial charge is 0.314 e. The van der Waals surface area contributed by atoms with Crippen LogP contribution in [0.1, 0.15) is 27.2 Å². The molecule has 0 fully saturated rings. The van der Waals surface area contributed by atoms with E-state index in [9.17, 15) is 9.59 Å². The second-order valence-electron chi connectivity index (χ2n) is 4.34. The van der Waals surface area contributed by atoms with Crippen molar-refractivity contribution in [2.45, 2.75) is 46.3 Å². The van der Waals surface area contributed by atoms with E-state index in [4.69, 9.17) is 0 Å². The van der Waals surface area contributed by atoms with Gasteiger partial charge in [-0.25, -0.2) is 4.79 Å². The Balaban J connectivity index is 2.71. The largest absolute Gasteiger partial charge is 0.330 e. The van der Waals surface area contributed by atoms with Gasteiger partial charge in [0.05, 0.1) is 0 Å². The van der Waals surface area contributed by atoms with E-state index in [1.54, 1.807) is 6.20 Å². The van der Waals surface area contributed by atoms with Gasteiger partial charge in [0.2, 0.25) is 0 Å². The summed E-state index contributed by atoms with van der Waals surface area (Å²) in [7, 11) is 0. The summed E-state index contributed by atoms with van der Waals surface area (Å²) in [4.78, 5) is 23.4. The molecule has 0 aliphatic carbocycles. The molecule has 1 aromatic rings. The standard InChI is InChI=1S/C12H21N3O2/c1-4-14-9-6-11(16)15(12(14)17)8-5-7-13-10(2)3/h6,9-10,13H,4-5,7-8H2,1-3H3. The Hall–Kier alpha value is -1.36. The molecule has 17 heavy (non-hydrogen) atoms. The van der Waals surface area contributed by atoms with E-state index in [1.165, 1.54) is 15.2 Å². The fraction of sp³-hybridized carbons (Fsp3) is 0.667. The van der Waals surface area contributed by atoms with E-state index >= 15 is 0 Å². The van der Waals surface area contributed by atoms with Crippen LogP contribution in [-0.2, 0) is 13.1 Å². The minimum absolute atomic E-state index is 0.218. The highest BCUT2D eigenvalue weighted by Gasteiger charge is 2.03. The topological polar surface area (TPSA) is 56.0 Å². The van der Waals surface area contributed by atoms with E-state index in [0.29, 0.717) is 19.1 Å². The second kappa shape index (κ2) is 6.39. The van der Waals surface area contributed by atoms with Crippen LogP contribution in [0.4, 0.5) is 0 Å². The molecule has 0 unspecified atom stereocenters. The van der Waals surface area contributed by atoms with Crippen LogP contribution in [0.3, 0.4) is 0 Å². The van der Waals surface area contributed by atoms with Crippen LogP contribution < -0.4 is 16.6 Å². The van der Waals surface area contributed by atoms with Gasteiger partial charge in [0.15, 0.2) is 0 Å². The van der Waals surface area contributed by atoms with E-state index in [0.717, 1.165) is 13.0 Å². The van der Waals surface area contributed by atoms with Gasteiger partial charge in [0.1, 0.15) is 0 Å². The first kappa shape index (κ1) is 13.7. The van der Waals surface area contributed by atoms with Crippen LogP contribution in [0.15, 0.2) is 21.9 Å². The highest BCUT2D eigenvalue weighted by molar-refractivity contribution is 4.86. The third-order valence-corrected chi connectivity index (χ3v) is 2.59. The van der Waals surface area contributed by atoms with Gasteiger partial charge in [-0.2, -0.15) is 0 Å². The predicted molar refractivity (Wildman–Crippen MR) is 68.4 cm³/mol. The number of hydrogen-bond donors (Lipinski definition) is 1. The summed E-state index contributed by atoms with van der Waals surface area (Å²) in [6.45, 7) is 7.89. The zero-order valence-corrected chi connectivity index (χ0v) is 10.8. The molecule has 1 heterocycles. The number of hydrogen-bond acceptors (Lipinski definition) is 3. The Morgan fingerprint density at radius 1 is 1.35 bits per heavy atom. The van der Waals surface area contributed by atoms with Crippen molar-refractivity contribution in [3.05, 3.63) is 33.1 Å². The molecule has 0 aromatic carbocycles. The van der Waals surface area contributed by atoms with Crippen molar-refractivity contribution in [2.75, 3.05) is 6.54 Å². The summed E-state index contributed by atoms with van der Waals surface area (Å²) in [5.74, 6) is 0. The van der Waals surface area contributed by atoms with E-state index in [-0.39, 0.29) is 11.2 Å². The zero-order valence-electron chi connectivity index (χ0n) is 10.8. The monoisotopic (exact) mass is 239 g/mol. The molecular weight excluding hydrogens is 218 g/mol. The molecule has 0 saturated carbocycles. The third-order valence-electron chi connectivity index (χ3n) is 2.59. The minimum atomic E-state index is -0.218. The van der Waals surface area contributed by atoms with Gasteiger partial charge in [-0.15, -0.1) is 0 Å². The Morgan fingerprint density at radius 2 is 2.06 bits per heavy atom. The lowest BCUT2D eigenvalue weighted by Gasteiger charge is -2.10. The maximum atomic E-state index is 11.9. The molecule has 1 N–H and O–H groups in total. The molecule has 96 valence electrons. The summed E-state index contributed by atoms with van der Waals surface area (Å²) in [5.41, 5.74) is -0.436. The van der Waals surface area contributed by atoms with Gasteiger partial charge < -0.3 is 9.88 Å². The summed E-state index contributed by atoms with van der Waals surface area (Å²) in [6, 6.07) is 1.87. The fourth-order valence-corrected chi connectivity index (χ4v) is 1.63. The van der Waals surface area contributed by atoms with Crippen molar-refractivity contribution in [3.63, 3.8) is 0 Å². The SMILES string of the molecule is CCn1ccc(=O)n(CCCNC(C)C)c1=O. The number of nitrogens with zero attached hydrogens (tertiary/aromatic N) is 2. The van der Waals surface area contributed by atoms with Gasteiger partial charge >= 0.3 is 5.69 Å². The first-order chi connectivity index (χ1) is 8.06. The average Bonchev–Trinajstić information content (AvgIpc) is 2.27. The molecule has 0 radical (unpaired) electrons. The maximum absolute atomic E-state index is 11.9. The van der Waals surface area contributed by atoms with Crippen LogP contribution >= 0.6 is 0 Å². The van der Waals surface area contributed by atoms with Crippen LogP contribution in [0.2, 0.25) is 0 Å². The summed E-state index contributed by atoms with van der Waals surface area (Å²) in [5, 5.41) is 3.26. The summed E-state index contributed by atoms with van der Waals surface area (Å²) in [6.07, 6.45) is 2.33. The normalized spacial score (nSPS) is 11.1. The predicted octanol–water partition coefficient (Wildman–Crippen LogP) is 0.418. The molecule has 0 atom stereocenters. The lowest BCUT2D eigenvalue weighted by Crippen LogP contribution is -2.39. The maximum Gasteiger partial charge on any atom is 0.330 e.